The lowest BCUT2D eigenvalue weighted by Gasteiger charge is -2.31. The van der Waals surface area contributed by atoms with Crippen molar-refractivity contribution in [3.8, 4) is 0 Å². The van der Waals surface area contributed by atoms with Crippen molar-refractivity contribution in [3.05, 3.63) is 11.7 Å². The number of hydrogen-bond acceptors (Lipinski definition) is 0. The molecule has 0 fully saturated rings. The van der Waals surface area contributed by atoms with E-state index in [0.717, 1.165) is 0 Å². The van der Waals surface area contributed by atoms with Gasteiger partial charge in [0.25, 0.3) is 0 Å². The first-order valence-corrected chi connectivity index (χ1v) is 7.67. The van der Waals surface area contributed by atoms with Crippen LogP contribution >= 0.6 is 46.4 Å². The quantitative estimate of drug-likeness (QED) is 0.218. The molecular weight excluding hydrogens is 604 g/mol. The summed E-state index contributed by atoms with van der Waals surface area (Å²) in [5, 5.41) is -10.4. The number of halogens is 22. The van der Waals surface area contributed by atoms with E-state index in [1.54, 1.807) is 0 Å². The van der Waals surface area contributed by atoms with Crippen molar-refractivity contribution in [3.63, 3.8) is 0 Å². The van der Waals surface area contributed by atoms with Crippen molar-refractivity contribution >= 4 is 46.4 Å². The van der Waals surface area contributed by atoms with Crippen LogP contribution in [0.25, 0.3) is 0 Å². The minimum Gasteiger partial charge on any atom is -0.209 e. The van der Waals surface area contributed by atoms with Gasteiger partial charge in [-0.3, -0.25) is 0 Å². The Hall–Kier alpha value is -0.360. The number of hydrogen-bond donors (Lipinski definition) is 0. The van der Waals surface area contributed by atoms with E-state index in [1.807, 2.05) is 0 Å². The molecular formula is C10Cl4F18. The van der Waals surface area contributed by atoms with Crippen LogP contribution in [-0.2, 0) is 0 Å². The molecule has 194 valence electrons. The van der Waals surface area contributed by atoms with Crippen LogP contribution in [0.3, 0.4) is 0 Å². The van der Waals surface area contributed by atoms with E-state index < -0.39 is 56.9 Å². The predicted molar refractivity (Wildman–Crippen MR) is 72.2 cm³/mol. The Morgan fingerprint density at radius 1 is 0.500 bits per heavy atom. The molecule has 1 atom stereocenters. The van der Waals surface area contributed by atoms with E-state index in [1.165, 1.54) is 0 Å². The van der Waals surface area contributed by atoms with Gasteiger partial charge in [0.2, 0.25) is 11.7 Å². The molecule has 0 spiro atoms. The molecule has 0 saturated carbocycles. The van der Waals surface area contributed by atoms with Crippen molar-refractivity contribution in [2.75, 3.05) is 0 Å². The lowest BCUT2D eigenvalue weighted by Crippen LogP contribution is -2.58. The third-order valence-electron chi connectivity index (χ3n) is 2.57. The Kier molecular flexibility index (Phi) is 9.88. The van der Waals surface area contributed by atoms with Crippen LogP contribution in [0.15, 0.2) is 11.7 Å². The van der Waals surface area contributed by atoms with Crippen LogP contribution in [0.4, 0.5) is 79.0 Å². The van der Waals surface area contributed by atoms with Gasteiger partial charge < -0.3 is 0 Å². The fourth-order valence-electron chi connectivity index (χ4n) is 0.845. The molecule has 1 aliphatic carbocycles. The highest BCUT2D eigenvalue weighted by molar-refractivity contribution is 6.51. The van der Waals surface area contributed by atoms with Gasteiger partial charge in [-0.2, -0.15) is 65.9 Å². The van der Waals surface area contributed by atoms with Crippen LogP contribution in [0.1, 0.15) is 0 Å². The van der Waals surface area contributed by atoms with Crippen LogP contribution in [-0.4, -0.2) is 45.2 Å². The molecule has 0 aliphatic heterocycles. The largest absolute Gasteiger partial charge is 0.458 e. The van der Waals surface area contributed by atoms with Crippen LogP contribution in [0.2, 0.25) is 0 Å². The highest BCUT2D eigenvalue weighted by Gasteiger charge is 2.81. The maximum Gasteiger partial charge on any atom is 0.458 e. The lowest BCUT2D eigenvalue weighted by molar-refractivity contribution is -0.359. The third kappa shape index (κ3) is 6.61. The van der Waals surface area contributed by atoms with Gasteiger partial charge in [0.1, 0.15) is 0 Å². The minimum absolute atomic E-state index is 2.67. The second-order valence-corrected chi connectivity index (χ2v) is 7.15. The van der Waals surface area contributed by atoms with E-state index in [-0.39, 0.29) is 0 Å². The molecule has 32 heavy (non-hydrogen) atoms. The normalized spacial score (nSPS) is 20.8. The van der Waals surface area contributed by atoms with E-state index >= 15 is 0 Å². The van der Waals surface area contributed by atoms with E-state index in [9.17, 15) is 79.0 Å². The molecule has 0 nitrogen and oxygen atoms in total. The van der Waals surface area contributed by atoms with Gasteiger partial charge in [-0.05, 0) is 11.6 Å². The van der Waals surface area contributed by atoms with Gasteiger partial charge in [0, 0.05) is 0 Å². The fraction of sp³-hybridized carbons (Fsp3) is 0.800. The molecule has 0 radical (unpaired) electrons. The second kappa shape index (κ2) is 9.36. The maximum absolute atomic E-state index is 12.0. The van der Waals surface area contributed by atoms with E-state index in [2.05, 4.69) is 46.4 Å². The number of allylic oxidation sites excluding steroid dienone is 2. The van der Waals surface area contributed by atoms with E-state index in [0.29, 0.717) is 0 Å². The van der Waals surface area contributed by atoms with Crippen LogP contribution in [0, 0.1) is 0 Å². The van der Waals surface area contributed by atoms with Crippen molar-refractivity contribution in [1.29, 1.82) is 0 Å². The highest BCUT2D eigenvalue weighted by atomic mass is 35.5. The van der Waals surface area contributed by atoms with Crippen LogP contribution in [0.5, 0.6) is 0 Å². The standard InChI is InChI=1S/C4ClF9.C4F6.C2Cl3F3/c5-1(6,3(9,10)11)2(7,8)4(12,13)14;5-1-2(6)4(9,10)3(1,7)8;3-1(4,6)2(5,7)8. The van der Waals surface area contributed by atoms with E-state index in [4.69, 9.17) is 0 Å². The first kappa shape index (κ1) is 33.8. The van der Waals surface area contributed by atoms with Crippen molar-refractivity contribution < 1.29 is 79.0 Å². The summed E-state index contributed by atoms with van der Waals surface area (Å²) in [5.41, 5.74) is 0. The topological polar surface area (TPSA) is 0 Å². The zero-order chi connectivity index (χ0) is 27.2. The molecule has 0 N–H and O–H groups in total. The summed E-state index contributed by atoms with van der Waals surface area (Å²) in [6.45, 7) is 0. The molecule has 0 aromatic heterocycles. The molecule has 1 rings (SSSR count). The summed E-state index contributed by atoms with van der Waals surface area (Å²) in [4.78, 5) is 0. The Morgan fingerprint density at radius 3 is 0.781 bits per heavy atom. The Bertz CT molecular complexity index is 618. The molecule has 1 unspecified atom stereocenters. The molecule has 0 aromatic rings. The zero-order valence-electron chi connectivity index (χ0n) is 13.3. The molecule has 0 bridgehead atoms. The lowest BCUT2D eigenvalue weighted by atomic mass is 9.97. The molecule has 0 saturated heterocycles. The monoisotopic (exact) mass is 602 g/mol. The van der Waals surface area contributed by atoms with Crippen molar-refractivity contribution in [2.24, 2.45) is 0 Å². The SMILES string of the molecule is FC(F)(Cl)C(F)(Cl)Cl.FC(F)(F)C(F)(F)C(F)(Cl)C(F)(F)F.FC1=C(F)C(F)(F)C1(F)F. The van der Waals surface area contributed by atoms with Gasteiger partial charge in [-0.1, -0.05) is 34.8 Å². The Labute approximate surface area is 183 Å². The summed E-state index contributed by atoms with van der Waals surface area (Å²) in [7, 11) is 0. The Balaban J connectivity index is 0. The number of alkyl halides is 20. The molecule has 1 aliphatic rings. The first-order valence-electron chi connectivity index (χ1n) is 6.16. The minimum atomic E-state index is -6.72. The first-order chi connectivity index (χ1) is 13.3. The van der Waals surface area contributed by atoms with Gasteiger partial charge in [-0.15, -0.1) is 0 Å². The molecule has 0 amide bonds. The average Bonchev–Trinajstić information content (AvgIpc) is 2.50. The van der Waals surface area contributed by atoms with Gasteiger partial charge in [-0.25, -0.2) is 13.2 Å². The van der Waals surface area contributed by atoms with Crippen molar-refractivity contribution in [1.82, 2.24) is 0 Å². The highest BCUT2D eigenvalue weighted by Crippen LogP contribution is 2.56. The summed E-state index contributed by atoms with van der Waals surface area (Å²) in [5.74, 6) is -21.9. The zero-order valence-corrected chi connectivity index (χ0v) is 16.3. The molecule has 22 heteroatoms. The summed E-state index contributed by atoms with van der Waals surface area (Å²) >= 11 is 16.0. The smallest absolute Gasteiger partial charge is 0.209 e. The van der Waals surface area contributed by atoms with Gasteiger partial charge in [0.15, 0.2) is 0 Å². The molecule has 0 aromatic carbocycles. The predicted octanol–water partition coefficient (Wildman–Crippen LogP) is 8.99. The molecule has 0 heterocycles. The van der Waals surface area contributed by atoms with Gasteiger partial charge >= 0.3 is 45.2 Å². The third-order valence-corrected chi connectivity index (χ3v) is 3.95. The second-order valence-electron chi connectivity index (χ2n) is 4.92. The fourth-order valence-corrected chi connectivity index (χ4v) is 0.952. The average molecular weight is 604 g/mol. The Morgan fingerprint density at radius 2 is 0.719 bits per heavy atom. The van der Waals surface area contributed by atoms with Gasteiger partial charge in [0.05, 0.1) is 0 Å². The summed E-state index contributed by atoms with van der Waals surface area (Å²) in [6.07, 6.45) is -13.3. The maximum atomic E-state index is 12.0. The summed E-state index contributed by atoms with van der Waals surface area (Å²) in [6, 6.07) is 0. The van der Waals surface area contributed by atoms with Crippen molar-refractivity contribution in [2.45, 2.75) is 45.2 Å². The number of rotatable bonds is 2. The summed E-state index contributed by atoms with van der Waals surface area (Å²) < 4.78 is 203. The van der Waals surface area contributed by atoms with Crippen LogP contribution < -0.4 is 0 Å².